The highest BCUT2D eigenvalue weighted by Gasteiger charge is 2.54. The van der Waals surface area contributed by atoms with Crippen molar-refractivity contribution in [3.63, 3.8) is 0 Å². The fraction of sp³-hybridized carbons (Fsp3) is 0.214. The van der Waals surface area contributed by atoms with Crippen molar-refractivity contribution in [3.05, 3.63) is 59.7 Å². The zero-order valence-corrected chi connectivity index (χ0v) is 9.95. The van der Waals surface area contributed by atoms with Crippen molar-refractivity contribution in [2.24, 2.45) is 5.73 Å². The van der Waals surface area contributed by atoms with Crippen LogP contribution in [0.1, 0.15) is 12.0 Å². The maximum Gasteiger partial charge on any atom is 0.402 e. The molecule has 1 aromatic carbocycles. The molecule has 2 nitrogen and oxygen atoms in total. The molecule has 0 saturated heterocycles. The Morgan fingerprint density at radius 1 is 1.21 bits per heavy atom. The molecule has 19 heavy (non-hydrogen) atoms. The van der Waals surface area contributed by atoms with Crippen LogP contribution < -0.4 is 5.73 Å². The summed E-state index contributed by atoms with van der Waals surface area (Å²) in [7, 11) is 0. The predicted molar refractivity (Wildman–Crippen MR) is 65.2 cm³/mol. The van der Waals surface area contributed by atoms with E-state index in [4.69, 9.17) is 5.73 Å². The van der Waals surface area contributed by atoms with Crippen molar-refractivity contribution in [1.29, 1.82) is 0 Å². The first-order chi connectivity index (χ1) is 8.87. The molecule has 0 saturated carbocycles. The molecule has 0 spiro atoms. The lowest BCUT2D eigenvalue weighted by molar-refractivity contribution is -0.175. The first-order valence-electron chi connectivity index (χ1n) is 5.68. The van der Waals surface area contributed by atoms with Crippen molar-refractivity contribution in [3.8, 4) is 0 Å². The first-order valence-corrected chi connectivity index (χ1v) is 5.68. The number of allylic oxidation sites excluding steroid dienone is 2. The van der Waals surface area contributed by atoms with Crippen LogP contribution in [0.2, 0.25) is 0 Å². The standard InChI is InChI=1S/C14H12F3NO/c15-14(16,17)13(11-4-2-1-3-5-11)8-6-10(7-9-13)12(18)19/h1-8H,9H2,(H2,18,19). The normalized spacial score (nSPS) is 23.0. The smallest absolute Gasteiger partial charge is 0.366 e. The minimum Gasteiger partial charge on any atom is -0.366 e. The largest absolute Gasteiger partial charge is 0.402 e. The highest BCUT2D eigenvalue weighted by Crippen LogP contribution is 2.47. The van der Waals surface area contributed by atoms with Crippen molar-refractivity contribution in [2.75, 3.05) is 0 Å². The van der Waals surface area contributed by atoms with Crippen LogP contribution in [0.4, 0.5) is 13.2 Å². The average molecular weight is 267 g/mol. The van der Waals surface area contributed by atoms with E-state index in [1.807, 2.05) is 0 Å². The summed E-state index contributed by atoms with van der Waals surface area (Å²) in [6.07, 6.45) is -1.36. The predicted octanol–water partition coefficient (Wildman–Crippen LogP) is 2.86. The molecule has 1 aromatic rings. The Balaban J connectivity index is 2.48. The summed E-state index contributed by atoms with van der Waals surface area (Å²) < 4.78 is 40.2. The van der Waals surface area contributed by atoms with Crippen LogP contribution in [0.3, 0.4) is 0 Å². The Kier molecular flexibility index (Phi) is 3.22. The number of rotatable bonds is 2. The van der Waals surface area contributed by atoms with E-state index in [0.29, 0.717) is 0 Å². The van der Waals surface area contributed by atoms with Gasteiger partial charge in [0.15, 0.2) is 0 Å². The van der Waals surface area contributed by atoms with Gasteiger partial charge in [-0.2, -0.15) is 13.2 Å². The van der Waals surface area contributed by atoms with Gasteiger partial charge in [-0.05, 0) is 12.0 Å². The first kappa shape index (κ1) is 13.4. The molecule has 2 N–H and O–H groups in total. The van der Waals surface area contributed by atoms with E-state index in [1.54, 1.807) is 18.2 Å². The summed E-state index contributed by atoms with van der Waals surface area (Å²) in [6, 6.07) is 7.64. The lowest BCUT2D eigenvalue weighted by atomic mass is 9.73. The summed E-state index contributed by atoms with van der Waals surface area (Å²) in [5.74, 6) is -0.722. The number of nitrogens with two attached hydrogens (primary N) is 1. The van der Waals surface area contributed by atoms with Crippen LogP contribution in [0.5, 0.6) is 0 Å². The van der Waals surface area contributed by atoms with E-state index < -0.39 is 17.5 Å². The highest BCUT2D eigenvalue weighted by atomic mass is 19.4. The van der Waals surface area contributed by atoms with E-state index in [9.17, 15) is 18.0 Å². The van der Waals surface area contributed by atoms with Gasteiger partial charge in [0, 0.05) is 5.57 Å². The van der Waals surface area contributed by atoms with Gasteiger partial charge < -0.3 is 5.73 Å². The molecule has 0 radical (unpaired) electrons. The molecule has 0 aliphatic heterocycles. The zero-order valence-electron chi connectivity index (χ0n) is 9.95. The second kappa shape index (κ2) is 4.57. The van der Waals surface area contributed by atoms with Gasteiger partial charge in [-0.3, -0.25) is 4.79 Å². The van der Waals surface area contributed by atoms with Crippen LogP contribution in [0.15, 0.2) is 54.1 Å². The van der Waals surface area contributed by atoms with Crippen LogP contribution in [-0.2, 0) is 10.2 Å². The third-order valence-electron chi connectivity index (χ3n) is 3.27. The van der Waals surface area contributed by atoms with E-state index >= 15 is 0 Å². The van der Waals surface area contributed by atoms with Crippen molar-refractivity contribution < 1.29 is 18.0 Å². The quantitative estimate of drug-likeness (QED) is 0.879. The number of halogens is 3. The molecule has 0 aromatic heterocycles. The maximum atomic E-state index is 13.4. The van der Waals surface area contributed by atoms with Gasteiger partial charge in [-0.1, -0.05) is 48.6 Å². The minimum atomic E-state index is -4.44. The van der Waals surface area contributed by atoms with Crippen molar-refractivity contribution in [1.82, 2.24) is 0 Å². The Morgan fingerprint density at radius 2 is 1.84 bits per heavy atom. The third kappa shape index (κ3) is 2.28. The molecule has 0 fully saturated rings. The van der Waals surface area contributed by atoms with Gasteiger partial charge in [-0.15, -0.1) is 0 Å². The third-order valence-corrected chi connectivity index (χ3v) is 3.27. The van der Waals surface area contributed by atoms with E-state index in [2.05, 4.69) is 0 Å². The van der Waals surface area contributed by atoms with Crippen molar-refractivity contribution in [2.45, 2.75) is 18.0 Å². The number of hydrogen-bond acceptors (Lipinski definition) is 1. The van der Waals surface area contributed by atoms with Gasteiger partial charge in [0.05, 0.1) is 0 Å². The average Bonchev–Trinajstić information content (AvgIpc) is 2.38. The van der Waals surface area contributed by atoms with Gasteiger partial charge in [0.2, 0.25) is 5.91 Å². The Morgan fingerprint density at radius 3 is 2.26 bits per heavy atom. The fourth-order valence-corrected chi connectivity index (χ4v) is 2.15. The molecule has 0 heterocycles. The Hall–Kier alpha value is -2.04. The molecular weight excluding hydrogens is 255 g/mol. The topological polar surface area (TPSA) is 43.1 Å². The fourth-order valence-electron chi connectivity index (χ4n) is 2.15. The van der Waals surface area contributed by atoms with Crippen LogP contribution >= 0.6 is 0 Å². The van der Waals surface area contributed by atoms with Crippen LogP contribution in [-0.4, -0.2) is 12.1 Å². The molecule has 1 aliphatic rings. The lowest BCUT2D eigenvalue weighted by Crippen LogP contribution is -2.41. The number of carbonyl (C=O) groups is 1. The number of amides is 1. The highest BCUT2D eigenvalue weighted by molar-refractivity contribution is 5.95. The zero-order chi connectivity index (χ0) is 14.1. The molecule has 1 atom stereocenters. The number of benzene rings is 1. The summed E-state index contributed by atoms with van der Waals surface area (Å²) >= 11 is 0. The van der Waals surface area contributed by atoms with Gasteiger partial charge in [0.25, 0.3) is 0 Å². The molecule has 5 heteroatoms. The summed E-state index contributed by atoms with van der Waals surface area (Å²) in [4.78, 5) is 11.0. The summed E-state index contributed by atoms with van der Waals surface area (Å²) in [5, 5.41) is 0. The maximum absolute atomic E-state index is 13.4. The van der Waals surface area contributed by atoms with Crippen molar-refractivity contribution >= 4 is 5.91 Å². The molecule has 100 valence electrons. The second-order valence-electron chi connectivity index (χ2n) is 4.40. The Labute approximate surface area is 108 Å². The van der Waals surface area contributed by atoms with E-state index in [0.717, 1.165) is 12.2 Å². The number of alkyl halides is 3. The van der Waals surface area contributed by atoms with E-state index in [-0.39, 0.29) is 17.6 Å². The SMILES string of the molecule is NC(=O)C1=CCC(c2ccccc2)(C(F)(F)F)C=C1. The summed E-state index contributed by atoms with van der Waals surface area (Å²) in [6.45, 7) is 0. The number of carbonyl (C=O) groups excluding carboxylic acids is 1. The summed E-state index contributed by atoms with van der Waals surface area (Å²) in [5.41, 5.74) is 3.23. The van der Waals surface area contributed by atoms with Gasteiger partial charge >= 0.3 is 6.18 Å². The second-order valence-corrected chi connectivity index (χ2v) is 4.40. The Bertz CT molecular complexity index is 546. The molecule has 2 rings (SSSR count). The number of hydrogen-bond donors (Lipinski definition) is 1. The van der Waals surface area contributed by atoms with Crippen LogP contribution in [0.25, 0.3) is 0 Å². The minimum absolute atomic E-state index is 0.107. The van der Waals surface area contributed by atoms with Gasteiger partial charge in [-0.25, -0.2) is 0 Å². The lowest BCUT2D eigenvalue weighted by Gasteiger charge is -2.34. The van der Waals surface area contributed by atoms with E-state index in [1.165, 1.54) is 18.2 Å². The molecule has 1 aliphatic carbocycles. The molecule has 0 bridgehead atoms. The molecule has 1 amide bonds. The monoisotopic (exact) mass is 267 g/mol. The van der Waals surface area contributed by atoms with Gasteiger partial charge in [0.1, 0.15) is 5.41 Å². The molecule has 1 unspecified atom stereocenters. The number of primary amides is 1. The molecular formula is C14H12F3NO. The van der Waals surface area contributed by atoms with Crippen LogP contribution in [0, 0.1) is 0 Å².